The van der Waals surface area contributed by atoms with E-state index in [0.717, 1.165) is 91.5 Å². The first-order chi connectivity index (χ1) is 12.3. The van der Waals surface area contributed by atoms with E-state index in [1.807, 2.05) is 0 Å². The second-order valence-electron chi connectivity index (χ2n) is 6.85. The van der Waals surface area contributed by atoms with Gasteiger partial charge in [0.05, 0.1) is 0 Å². The fraction of sp³-hybridized carbons (Fsp3) is 0.938. The number of piperazine rings is 3. The van der Waals surface area contributed by atoms with Crippen molar-refractivity contribution in [3.8, 4) is 0 Å². The van der Waals surface area contributed by atoms with Crippen LogP contribution in [0.1, 0.15) is 13.3 Å². The predicted molar refractivity (Wildman–Crippen MR) is 99.9 cm³/mol. The maximum absolute atomic E-state index is 9.08. The molecule has 4 N–H and O–H groups in total. The summed E-state index contributed by atoms with van der Waals surface area (Å²) in [5.41, 5.74) is 0. The molecule has 3 rings (SSSR count). The van der Waals surface area contributed by atoms with Gasteiger partial charge in [0.2, 0.25) is 5.96 Å². The van der Waals surface area contributed by atoms with Crippen molar-refractivity contribution in [1.82, 2.24) is 41.1 Å². The molecule has 0 radical (unpaired) electrons. The number of guanidine groups is 1. The molecule has 0 aromatic heterocycles. The van der Waals surface area contributed by atoms with Gasteiger partial charge in [-0.15, -0.1) is 0 Å². The molecular weight excluding hydrogens is 318 g/mol. The van der Waals surface area contributed by atoms with E-state index in [4.69, 9.17) is 5.41 Å². The fourth-order valence-electron chi connectivity index (χ4n) is 3.72. The number of nitrogens with one attached hydrogen (secondary N) is 4. The van der Waals surface area contributed by atoms with Crippen molar-refractivity contribution in [3.63, 3.8) is 0 Å². The van der Waals surface area contributed by atoms with E-state index in [0.29, 0.717) is 5.96 Å². The van der Waals surface area contributed by atoms with Crippen LogP contribution in [0.3, 0.4) is 0 Å². The molecule has 25 heavy (non-hydrogen) atoms. The molecule has 0 amide bonds. The van der Waals surface area contributed by atoms with Gasteiger partial charge in [-0.2, -0.15) is 0 Å². The highest BCUT2D eigenvalue weighted by molar-refractivity contribution is 5.75. The van der Waals surface area contributed by atoms with Crippen molar-refractivity contribution < 1.29 is 0 Å². The summed E-state index contributed by atoms with van der Waals surface area (Å²) in [5, 5.41) is 30.7. The van der Waals surface area contributed by atoms with Crippen molar-refractivity contribution in [3.05, 3.63) is 0 Å². The standard InChI is InChI=1S/C16H35N9/c1-2-9-24(21-10-3-18-4-11-21)16(17)25(22-12-5-19-6-13-22)23-14-7-20-8-15-23/h17-20H,2-15H2,1H3. The molecule has 3 fully saturated rings. The van der Waals surface area contributed by atoms with Gasteiger partial charge in [-0.3, -0.25) is 10.4 Å². The number of hydrogen-bond donors (Lipinski definition) is 4. The van der Waals surface area contributed by atoms with Crippen molar-refractivity contribution in [2.24, 2.45) is 0 Å². The maximum atomic E-state index is 9.08. The molecule has 0 aromatic carbocycles. The van der Waals surface area contributed by atoms with Crippen LogP contribution in [0.25, 0.3) is 0 Å². The third-order valence-corrected chi connectivity index (χ3v) is 5.03. The van der Waals surface area contributed by atoms with Gasteiger partial charge in [0.15, 0.2) is 0 Å². The first-order valence-corrected chi connectivity index (χ1v) is 9.84. The minimum atomic E-state index is 0.604. The van der Waals surface area contributed by atoms with Gasteiger partial charge in [0, 0.05) is 85.1 Å². The maximum Gasteiger partial charge on any atom is 0.239 e. The predicted octanol–water partition coefficient (Wildman–Crippen LogP) is -1.60. The summed E-state index contributed by atoms with van der Waals surface area (Å²) >= 11 is 0. The second-order valence-corrected chi connectivity index (χ2v) is 6.85. The molecule has 0 atom stereocenters. The van der Waals surface area contributed by atoms with Crippen LogP contribution in [0.4, 0.5) is 0 Å². The molecule has 3 aliphatic heterocycles. The van der Waals surface area contributed by atoms with Gasteiger partial charge in [-0.1, -0.05) is 6.92 Å². The monoisotopic (exact) mass is 353 g/mol. The molecule has 0 aliphatic carbocycles. The lowest BCUT2D eigenvalue weighted by Gasteiger charge is -2.50. The molecule has 9 nitrogen and oxygen atoms in total. The second kappa shape index (κ2) is 9.65. The molecule has 0 saturated carbocycles. The lowest BCUT2D eigenvalue weighted by molar-refractivity contribution is -0.154. The Morgan fingerprint density at radius 2 is 1.16 bits per heavy atom. The summed E-state index contributed by atoms with van der Waals surface area (Å²) in [6.07, 6.45) is 1.04. The molecule has 3 heterocycles. The van der Waals surface area contributed by atoms with Crippen LogP contribution in [-0.2, 0) is 0 Å². The highest BCUT2D eigenvalue weighted by atomic mass is 15.9. The molecule has 9 heteroatoms. The van der Waals surface area contributed by atoms with E-state index in [1.165, 1.54) is 0 Å². The van der Waals surface area contributed by atoms with Crippen LogP contribution in [-0.4, -0.2) is 116 Å². The smallest absolute Gasteiger partial charge is 0.239 e. The van der Waals surface area contributed by atoms with Crippen molar-refractivity contribution in [1.29, 1.82) is 5.41 Å². The average molecular weight is 354 g/mol. The minimum absolute atomic E-state index is 0.604. The summed E-state index contributed by atoms with van der Waals surface area (Å²) in [5.74, 6) is 0.604. The first-order valence-electron chi connectivity index (χ1n) is 9.84. The molecule has 144 valence electrons. The molecule has 0 spiro atoms. The zero-order valence-electron chi connectivity index (χ0n) is 15.6. The highest BCUT2D eigenvalue weighted by Crippen LogP contribution is 2.13. The average Bonchev–Trinajstić information content (AvgIpc) is 2.68. The largest absolute Gasteiger partial charge is 0.314 e. The minimum Gasteiger partial charge on any atom is -0.314 e. The van der Waals surface area contributed by atoms with Crippen LogP contribution in [0, 0.1) is 5.41 Å². The third kappa shape index (κ3) is 4.81. The lowest BCUT2D eigenvalue weighted by Crippen LogP contribution is -2.68. The van der Waals surface area contributed by atoms with Crippen LogP contribution < -0.4 is 16.0 Å². The molecule has 0 aromatic rings. The number of rotatable bonds is 5. The third-order valence-electron chi connectivity index (χ3n) is 5.03. The molecule has 0 bridgehead atoms. The Balaban J connectivity index is 1.76. The van der Waals surface area contributed by atoms with Crippen LogP contribution in [0.5, 0.6) is 0 Å². The first kappa shape index (κ1) is 18.8. The zero-order valence-corrected chi connectivity index (χ0v) is 15.6. The summed E-state index contributed by atoms with van der Waals surface area (Å²) in [7, 11) is 0. The summed E-state index contributed by atoms with van der Waals surface area (Å²) in [4.78, 5) is 0. The van der Waals surface area contributed by atoms with Crippen LogP contribution in [0.15, 0.2) is 0 Å². The van der Waals surface area contributed by atoms with E-state index in [1.54, 1.807) is 0 Å². The Hall–Kier alpha value is -0.970. The quantitative estimate of drug-likeness (QED) is 0.348. The van der Waals surface area contributed by atoms with Gasteiger partial charge in [-0.25, -0.2) is 20.1 Å². The normalized spacial score (nSPS) is 24.2. The van der Waals surface area contributed by atoms with Gasteiger partial charge in [0.25, 0.3) is 0 Å². The topological polar surface area (TPSA) is 76.1 Å². The van der Waals surface area contributed by atoms with Crippen molar-refractivity contribution in [2.75, 3.05) is 85.1 Å². The Bertz CT molecular complexity index is 382. The Kier molecular flexibility index (Phi) is 7.26. The highest BCUT2D eigenvalue weighted by Gasteiger charge is 2.32. The van der Waals surface area contributed by atoms with E-state index < -0.39 is 0 Å². The van der Waals surface area contributed by atoms with Gasteiger partial charge >= 0.3 is 0 Å². The van der Waals surface area contributed by atoms with E-state index in [-0.39, 0.29) is 0 Å². The van der Waals surface area contributed by atoms with Crippen LogP contribution >= 0.6 is 0 Å². The van der Waals surface area contributed by atoms with Gasteiger partial charge in [-0.05, 0) is 6.42 Å². The summed E-state index contributed by atoms with van der Waals surface area (Å²) < 4.78 is 0. The van der Waals surface area contributed by atoms with Gasteiger partial charge < -0.3 is 16.0 Å². The fourth-order valence-corrected chi connectivity index (χ4v) is 3.72. The Morgan fingerprint density at radius 3 is 1.56 bits per heavy atom. The van der Waals surface area contributed by atoms with Gasteiger partial charge in [0.1, 0.15) is 0 Å². The Morgan fingerprint density at radius 1 is 0.760 bits per heavy atom. The molecule has 3 aliphatic rings. The van der Waals surface area contributed by atoms with Crippen molar-refractivity contribution >= 4 is 5.96 Å². The van der Waals surface area contributed by atoms with E-state index >= 15 is 0 Å². The van der Waals surface area contributed by atoms with Crippen molar-refractivity contribution in [2.45, 2.75) is 13.3 Å². The van der Waals surface area contributed by atoms with Crippen LogP contribution in [0.2, 0.25) is 0 Å². The zero-order chi connectivity index (χ0) is 17.5. The Labute approximate surface area is 151 Å². The summed E-state index contributed by atoms with van der Waals surface area (Å²) in [6, 6.07) is 0. The lowest BCUT2D eigenvalue weighted by atomic mass is 10.4. The number of nitrogens with zero attached hydrogens (tertiary/aromatic N) is 5. The summed E-state index contributed by atoms with van der Waals surface area (Å²) in [6.45, 7) is 14.8. The number of hydrogen-bond acceptors (Lipinski definition) is 7. The van der Waals surface area contributed by atoms with E-state index in [2.05, 4.69) is 48.0 Å². The van der Waals surface area contributed by atoms with E-state index in [9.17, 15) is 0 Å². The molecular formula is C16H35N9. The molecule has 0 unspecified atom stereocenters. The SMILES string of the molecule is CCCN(C(=N)N(N1CCNCC1)N1CCNCC1)N1CCNCC1. The number of hydrazine groups is 3. The molecule has 3 saturated heterocycles.